The number of rotatable bonds is 4. The number of hydrogen-bond acceptors (Lipinski definition) is 4. The lowest BCUT2D eigenvalue weighted by molar-refractivity contribution is -0.274. The highest BCUT2D eigenvalue weighted by Gasteiger charge is 2.41. The summed E-state index contributed by atoms with van der Waals surface area (Å²) in [6.07, 6.45) is -4.12. The lowest BCUT2D eigenvalue weighted by Crippen LogP contribution is -2.40. The molecule has 0 amide bonds. The maximum atomic E-state index is 12.3. The van der Waals surface area contributed by atoms with E-state index in [0.29, 0.717) is 0 Å². The number of carbonyl (C=O) groups is 1. The molecule has 0 aliphatic carbocycles. The SMILES string of the molecule is CC(C)(C(=O)c1ccccc1OC(F)(F)F)S(C)(=O)=O. The van der Waals surface area contributed by atoms with Crippen LogP contribution < -0.4 is 4.74 Å². The first-order valence-corrected chi connectivity index (χ1v) is 7.34. The maximum Gasteiger partial charge on any atom is 0.573 e. The average Bonchev–Trinajstić information content (AvgIpc) is 2.25. The molecule has 8 heteroatoms. The van der Waals surface area contributed by atoms with Gasteiger partial charge >= 0.3 is 6.36 Å². The third-order valence-corrected chi connectivity index (χ3v) is 4.87. The summed E-state index contributed by atoms with van der Waals surface area (Å²) in [6.45, 7) is 2.27. The van der Waals surface area contributed by atoms with E-state index < -0.39 is 38.0 Å². The Kier molecular flexibility index (Phi) is 4.19. The normalized spacial score (nSPS) is 13.1. The summed E-state index contributed by atoms with van der Waals surface area (Å²) < 4.78 is 61.8. The Morgan fingerprint density at radius 1 is 1.15 bits per heavy atom. The fourth-order valence-corrected chi connectivity index (χ4v) is 1.81. The number of Topliss-reactive ketones (excluding diaryl/α,β-unsaturated/α-hetero) is 1. The van der Waals surface area contributed by atoms with E-state index in [1.807, 2.05) is 0 Å². The number of benzene rings is 1. The van der Waals surface area contributed by atoms with Gasteiger partial charge in [0, 0.05) is 6.26 Å². The highest BCUT2D eigenvalue weighted by molar-refractivity contribution is 7.92. The molecule has 0 aliphatic heterocycles. The fraction of sp³-hybridized carbons (Fsp3) is 0.417. The molecule has 0 aliphatic rings. The Balaban J connectivity index is 3.31. The third kappa shape index (κ3) is 3.50. The zero-order chi connectivity index (χ0) is 15.8. The third-order valence-electron chi connectivity index (χ3n) is 2.83. The monoisotopic (exact) mass is 310 g/mol. The van der Waals surface area contributed by atoms with E-state index in [2.05, 4.69) is 4.74 Å². The molecule has 1 aromatic carbocycles. The van der Waals surface area contributed by atoms with Crippen molar-refractivity contribution in [3.63, 3.8) is 0 Å². The van der Waals surface area contributed by atoms with Crippen LogP contribution in [0.15, 0.2) is 24.3 Å². The van der Waals surface area contributed by atoms with E-state index in [9.17, 15) is 26.4 Å². The molecule has 1 aromatic rings. The Morgan fingerprint density at radius 3 is 2.10 bits per heavy atom. The first-order valence-electron chi connectivity index (χ1n) is 5.45. The van der Waals surface area contributed by atoms with Gasteiger partial charge in [-0.3, -0.25) is 4.79 Å². The molecule has 0 N–H and O–H groups in total. The van der Waals surface area contributed by atoms with Gasteiger partial charge in [0.1, 0.15) is 10.5 Å². The summed E-state index contributed by atoms with van der Waals surface area (Å²) in [5, 5.41) is 0. The van der Waals surface area contributed by atoms with Crippen molar-refractivity contribution in [2.45, 2.75) is 25.0 Å². The molecule has 0 atom stereocenters. The van der Waals surface area contributed by atoms with Gasteiger partial charge in [0.25, 0.3) is 0 Å². The predicted octanol–water partition coefficient (Wildman–Crippen LogP) is 2.59. The van der Waals surface area contributed by atoms with Crippen molar-refractivity contribution in [1.82, 2.24) is 0 Å². The second kappa shape index (κ2) is 5.08. The van der Waals surface area contributed by atoms with Gasteiger partial charge in [-0.1, -0.05) is 12.1 Å². The van der Waals surface area contributed by atoms with Crippen LogP contribution in [0.25, 0.3) is 0 Å². The fourth-order valence-electron chi connectivity index (χ4n) is 1.36. The lowest BCUT2D eigenvalue weighted by Gasteiger charge is -2.22. The quantitative estimate of drug-likeness (QED) is 0.802. The van der Waals surface area contributed by atoms with Crippen molar-refractivity contribution in [2.24, 2.45) is 0 Å². The molecule has 0 aromatic heterocycles. The highest BCUT2D eigenvalue weighted by Crippen LogP contribution is 2.30. The number of ether oxygens (including phenoxy) is 1. The standard InChI is InChI=1S/C12H13F3O4S/c1-11(2,20(3,17)18)10(16)8-6-4-5-7-9(8)19-12(13,14)15/h4-7H,1-3H3. The lowest BCUT2D eigenvalue weighted by atomic mass is 9.99. The van der Waals surface area contributed by atoms with Crippen molar-refractivity contribution in [1.29, 1.82) is 0 Å². The number of sulfone groups is 1. The largest absolute Gasteiger partial charge is 0.573 e. The van der Waals surface area contributed by atoms with Crippen molar-refractivity contribution in [3.8, 4) is 5.75 Å². The zero-order valence-corrected chi connectivity index (χ0v) is 11.8. The van der Waals surface area contributed by atoms with Crippen molar-refractivity contribution in [3.05, 3.63) is 29.8 Å². The topological polar surface area (TPSA) is 60.4 Å². The van der Waals surface area contributed by atoms with E-state index in [-0.39, 0.29) is 0 Å². The van der Waals surface area contributed by atoms with Crippen LogP contribution in [0.1, 0.15) is 24.2 Å². The Bertz CT molecular complexity index is 618. The molecular formula is C12H13F3O4S. The number of ketones is 1. The minimum absolute atomic E-state index is 0.430. The van der Waals surface area contributed by atoms with Gasteiger partial charge in [-0.05, 0) is 26.0 Å². The molecule has 20 heavy (non-hydrogen) atoms. The van der Waals surface area contributed by atoms with Crippen LogP contribution in [0.4, 0.5) is 13.2 Å². The van der Waals surface area contributed by atoms with Crippen molar-refractivity contribution >= 4 is 15.6 Å². The van der Waals surface area contributed by atoms with Gasteiger partial charge in [0.05, 0.1) is 5.56 Å². The summed E-state index contributed by atoms with van der Waals surface area (Å²) in [5.74, 6) is -1.68. The molecule has 0 heterocycles. The van der Waals surface area contributed by atoms with Crippen molar-refractivity contribution in [2.75, 3.05) is 6.26 Å². The summed E-state index contributed by atoms with van der Waals surface area (Å²) in [6, 6.07) is 4.63. The zero-order valence-electron chi connectivity index (χ0n) is 11.0. The minimum Gasteiger partial charge on any atom is -0.405 e. The number of alkyl halides is 3. The van der Waals surface area contributed by atoms with Gasteiger partial charge < -0.3 is 4.74 Å². The molecular weight excluding hydrogens is 297 g/mol. The van der Waals surface area contributed by atoms with Gasteiger partial charge in [-0.2, -0.15) is 0 Å². The summed E-state index contributed by atoms with van der Waals surface area (Å²) >= 11 is 0. The molecule has 112 valence electrons. The molecule has 0 spiro atoms. The van der Waals surface area contributed by atoms with E-state index in [1.165, 1.54) is 12.1 Å². The van der Waals surface area contributed by atoms with E-state index in [0.717, 1.165) is 32.2 Å². The predicted molar refractivity (Wildman–Crippen MR) is 66.4 cm³/mol. The molecule has 0 fully saturated rings. The number of para-hydroxylation sites is 1. The Labute approximate surface area is 114 Å². The summed E-state index contributed by atoms with van der Waals surface area (Å²) in [4.78, 5) is 12.2. The van der Waals surface area contributed by atoms with Gasteiger partial charge in [-0.25, -0.2) is 8.42 Å². The average molecular weight is 310 g/mol. The van der Waals surface area contributed by atoms with Crippen LogP contribution in [0, 0.1) is 0 Å². The van der Waals surface area contributed by atoms with Crippen molar-refractivity contribution < 1.29 is 31.1 Å². The van der Waals surface area contributed by atoms with Gasteiger partial charge in [0.2, 0.25) is 0 Å². The number of halogens is 3. The van der Waals surface area contributed by atoms with E-state index >= 15 is 0 Å². The van der Waals surface area contributed by atoms with Crippen LogP contribution in [0.5, 0.6) is 5.75 Å². The smallest absolute Gasteiger partial charge is 0.405 e. The highest BCUT2D eigenvalue weighted by atomic mass is 32.2. The summed E-state index contributed by atoms with van der Waals surface area (Å²) in [5.41, 5.74) is -0.430. The number of hydrogen-bond donors (Lipinski definition) is 0. The molecule has 0 saturated carbocycles. The van der Waals surface area contributed by atoms with Crippen LogP contribution in [0.2, 0.25) is 0 Å². The first kappa shape index (κ1) is 16.5. The maximum absolute atomic E-state index is 12.3. The first-order chi connectivity index (χ1) is 8.86. The minimum atomic E-state index is -4.97. The second-order valence-electron chi connectivity index (χ2n) is 4.66. The molecule has 4 nitrogen and oxygen atoms in total. The molecule has 0 unspecified atom stereocenters. The van der Waals surface area contributed by atoms with Gasteiger partial charge in [0.15, 0.2) is 15.6 Å². The Morgan fingerprint density at radius 2 is 1.65 bits per heavy atom. The number of carbonyl (C=O) groups excluding carboxylic acids is 1. The van der Waals surface area contributed by atoms with Crippen LogP contribution in [0.3, 0.4) is 0 Å². The van der Waals surface area contributed by atoms with Crippen LogP contribution >= 0.6 is 0 Å². The van der Waals surface area contributed by atoms with E-state index in [4.69, 9.17) is 0 Å². The molecule has 1 rings (SSSR count). The van der Waals surface area contributed by atoms with Crippen LogP contribution in [-0.2, 0) is 9.84 Å². The molecule has 0 radical (unpaired) electrons. The Hall–Kier alpha value is -1.57. The molecule has 0 saturated heterocycles. The molecule has 0 bridgehead atoms. The van der Waals surface area contributed by atoms with E-state index in [1.54, 1.807) is 0 Å². The van der Waals surface area contributed by atoms with Gasteiger partial charge in [-0.15, -0.1) is 13.2 Å². The second-order valence-corrected chi connectivity index (χ2v) is 7.22. The van der Waals surface area contributed by atoms with Crippen LogP contribution in [-0.4, -0.2) is 31.6 Å². The summed E-state index contributed by atoms with van der Waals surface area (Å²) in [7, 11) is -3.80.